The van der Waals surface area contributed by atoms with Gasteiger partial charge in [0.25, 0.3) is 0 Å². The van der Waals surface area contributed by atoms with E-state index in [-0.39, 0.29) is 9.92 Å². The highest BCUT2D eigenvalue weighted by Crippen LogP contribution is 2.26. The Morgan fingerprint density at radius 1 is 1.45 bits per heavy atom. The molecule has 5 nitrogen and oxygen atoms in total. The number of nitrogens with two attached hydrogens (primary N) is 1. The van der Waals surface area contributed by atoms with E-state index in [1.165, 1.54) is 23.5 Å². The van der Waals surface area contributed by atoms with Gasteiger partial charge in [-0.25, -0.2) is 18.1 Å². The molecule has 1 heterocycles. The summed E-state index contributed by atoms with van der Waals surface area (Å²) in [5, 5.41) is 2.70. The van der Waals surface area contributed by atoms with E-state index in [0.29, 0.717) is 10.7 Å². The fourth-order valence-electron chi connectivity index (χ4n) is 1.64. The molecule has 0 saturated carbocycles. The summed E-state index contributed by atoms with van der Waals surface area (Å²) in [6, 6.07) is 3.92. The number of nitrogens with one attached hydrogen (secondary N) is 1. The number of rotatable bonds is 4. The van der Waals surface area contributed by atoms with E-state index in [0.717, 1.165) is 5.69 Å². The third-order valence-corrected chi connectivity index (χ3v) is 5.75. The standard InChI is InChI=1S/C12H14ClN3O2S2/c1-7-6-19-12(15-7)8(2)16-20(17,18)11-5-9(14)3-4-10(11)13/h3-6,8,16H,14H2,1-2H3. The maximum Gasteiger partial charge on any atom is 0.242 e. The van der Waals surface area contributed by atoms with Crippen molar-refractivity contribution < 1.29 is 8.42 Å². The predicted octanol–water partition coefficient (Wildman–Crippen LogP) is 2.73. The molecule has 0 aliphatic heterocycles. The molecule has 0 spiro atoms. The second-order valence-electron chi connectivity index (χ2n) is 4.36. The molecule has 1 aromatic heterocycles. The topological polar surface area (TPSA) is 85.1 Å². The minimum Gasteiger partial charge on any atom is -0.399 e. The highest BCUT2D eigenvalue weighted by Gasteiger charge is 2.22. The van der Waals surface area contributed by atoms with Gasteiger partial charge >= 0.3 is 0 Å². The van der Waals surface area contributed by atoms with Crippen molar-refractivity contribution in [3.8, 4) is 0 Å². The van der Waals surface area contributed by atoms with Gasteiger partial charge in [0, 0.05) is 16.8 Å². The number of aromatic nitrogens is 1. The Morgan fingerprint density at radius 2 is 2.15 bits per heavy atom. The summed E-state index contributed by atoms with van der Waals surface area (Å²) in [6.07, 6.45) is 0. The van der Waals surface area contributed by atoms with Crippen LogP contribution in [0.5, 0.6) is 0 Å². The van der Waals surface area contributed by atoms with Crippen molar-refractivity contribution in [2.75, 3.05) is 5.73 Å². The van der Waals surface area contributed by atoms with E-state index in [4.69, 9.17) is 17.3 Å². The largest absolute Gasteiger partial charge is 0.399 e. The number of benzene rings is 1. The monoisotopic (exact) mass is 331 g/mol. The first kappa shape index (κ1) is 15.2. The highest BCUT2D eigenvalue weighted by molar-refractivity contribution is 7.89. The molecule has 0 amide bonds. The van der Waals surface area contributed by atoms with E-state index < -0.39 is 16.1 Å². The van der Waals surface area contributed by atoms with Gasteiger partial charge in [-0.1, -0.05) is 11.6 Å². The van der Waals surface area contributed by atoms with Crippen LogP contribution in [0, 0.1) is 6.92 Å². The molecule has 20 heavy (non-hydrogen) atoms. The quantitative estimate of drug-likeness (QED) is 0.843. The molecule has 0 radical (unpaired) electrons. The molecular weight excluding hydrogens is 318 g/mol. The first-order chi connectivity index (χ1) is 9.29. The lowest BCUT2D eigenvalue weighted by Gasteiger charge is -2.13. The summed E-state index contributed by atoms with van der Waals surface area (Å²) >= 11 is 7.33. The Balaban J connectivity index is 2.29. The van der Waals surface area contributed by atoms with Gasteiger partial charge in [-0.05, 0) is 32.0 Å². The Kier molecular flexibility index (Phi) is 4.33. The zero-order chi connectivity index (χ0) is 14.9. The van der Waals surface area contributed by atoms with Crippen LogP contribution in [0.15, 0.2) is 28.5 Å². The van der Waals surface area contributed by atoms with Crippen LogP contribution in [-0.2, 0) is 10.0 Å². The molecule has 2 aromatic rings. The lowest BCUT2D eigenvalue weighted by atomic mass is 10.3. The predicted molar refractivity (Wildman–Crippen MR) is 81.5 cm³/mol. The van der Waals surface area contributed by atoms with Crippen LogP contribution in [0.2, 0.25) is 5.02 Å². The van der Waals surface area contributed by atoms with Crippen LogP contribution >= 0.6 is 22.9 Å². The number of hydrogen-bond donors (Lipinski definition) is 2. The van der Waals surface area contributed by atoms with Gasteiger partial charge in [0.05, 0.1) is 11.1 Å². The Hall–Kier alpha value is -1.15. The maximum absolute atomic E-state index is 12.3. The summed E-state index contributed by atoms with van der Waals surface area (Å²) in [5.74, 6) is 0. The third-order valence-electron chi connectivity index (χ3n) is 2.58. The molecule has 2 rings (SSSR count). The van der Waals surface area contributed by atoms with Gasteiger partial charge < -0.3 is 5.73 Å². The molecule has 3 N–H and O–H groups in total. The molecule has 0 bridgehead atoms. The number of anilines is 1. The zero-order valence-corrected chi connectivity index (χ0v) is 13.3. The van der Waals surface area contributed by atoms with Gasteiger partial charge in [0.15, 0.2) is 0 Å². The minimum atomic E-state index is -3.75. The van der Waals surface area contributed by atoms with Gasteiger partial charge in [0.1, 0.15) is 9.90 Å². The van der Waals surface area contributed by atoms with Crippen LogP contribution in [0.1, 0.15) is 23.7 Å². The fraction of sp³-hybridized carbons (Fsp3) is 0.250. The number of sulfonamides is 1. The summed E-state index contributed by atoms with van der Waals surface area (Å²) in [5.41, 5.74) is 6.81. The Morgan fingerprint density at radius 3 is 2.75 bits per heavy atom. The van der Waals surface area contributed by atoms with E-state index in [2.05, 4.69) is 9.71 Å². The Bertz CT molecular complexity index is 728. The first-order valence-electron chi connectivity index (χ1n) is 5.79. The van der Waals surface area contributed by atoms with E-state index in [1.807, 2.05) is 12.3 Å². The van der Waals surface area contributed by atoms with Gasteiger partial charge in [-0.2, -0.15) is 0 Å². The molecule has 0 saturated heterocycles. The third kappa shape index (κ3) is 3.29. The van der Waals surface area contributed by atoms with Crippen molar-refractivity contribution in [1.82, 2.24) is 9.71 Å². The normalized spacial score (nSPS) is 13.3. The summed E-state index contributed by atoms with van der Waals surface area (Å²) in [4.78, 5) is 4.23. The van der Waals surface area contributed by atoms with Crippen LogP contribution in [0.4, 0.5) is 5.69 Å². The van der Waals surface area contributed by atoms with Crippen molar-refractivity contribution in [1.29, 1.82) is 0 Å². The average Bonchev–Trinajstić information content (AvgIpc) is 2.78. The van der Waals surface area contributed by atoms with Crippen LogP contribution < -0.4 is 10.5 Å². The van der Waals surface area contributed by atoms with E-state index in [1.54, 1.807) is 13.0 Å². The van der Waals surface area contributed by atoms with Crippen LogP contribution in [-0.4, -0.2) is 13.4 Å². The molecule has 1 aromatic carbocycles. The van der Waals surface area contributed by atoms with E-state index >= 15 is 0 Å². The van der Waals surface area contributed by atoms with Gasteiger partial charge in [0.2, 0.25) is 10.0 Å². The maximum atomic E-state index is 12.3. The fourth-order valence-corrected chi connectivity index (χ4v) is 4.26. The van der Waals surface area contributed by atoms with Crippen molar-refractivity contribution in [2.45, 2.75) is 24.8 Å². The van der Waals surface area contributed by atoms with Crippen LogP contribution in [0.3, 0.4) is 0 Å². The van der Waals surface area contributed by atoms with Crippen molar-refractivity contribution in [3.05, 3.63) is 39.3 Å². The molecular formula is C12H14ClN3O2S2. The molecule has 1 unspecified atom stereocenters. The second-order valence-corrected chi connectivity index (χ2v) is 7.34. The van der Waals surface area contributed by atoms with Gasteiger partial charge in [-0.15, -0.1) is 11.3 Å². The number of thiazole rings is 1. The van der Waals surface area contributed by atoms with Crippen molar-refractivity contribution >= 4 is 38.6 Å². The SMILES string of the molecule is Cc1csc(C(C)NS(=O)(=O)c2cc(N)ccc2Cl)n1. The van der Waals surface area contributed by atoms with Crippen LogP contribution in [0.25, 0.3) is 0 Å². The number of nitrogens with zero attached hydrogens (tertiary/aromatic N) is 1. The first-order valence-corrected chi connectivity index (χ1v) is 8.53. The lowest BCUT2D eigenvalue weighted by Crippen LogP contribution is -2.27. The molecule has 0 aliphatic carbocycles. The van der Waals surface area contributed by atoms with Crippen molar-refractivity contribution in [3.63, 3.8) is 0 Å². The lowest BCUT2D eigenvalue weighted by molar-refractivity contribution is 0.566. The summed E-state index contributed by atoms with van der Waals surface area (Å²) < 4.78 is 27.2. The number of nitrogen functional groups attached to an aromatic ring is 1. The number of hydrogen-bond acceptors (Lipinski definition) is 5. The summed E-state index contributed by atoms with van der Waals surface area (Å²) in [6.45, 7) is 3.59. The van der Waals surface area contributed by atoms with E-state index in [9.17, 15) is 8.42 Å². The number of aryl methyl sites for hydroxylation is 1. The van der Waals surface area contributed by atoms with Gasteiger partial charge in [-0.3, -0.25) is 0 Å². The zero-order valence-electron chi connectivity index (χ0n) is 10.9. The van der Waals surface area contributed by atoms with Crippen molar-refractivity contribution in [2.24, 2.45) is 0 Å². The second kappa shape index (κ2) is 5.69. The highest BCUT2D eigenvalue weighted by atomic mass is 35.5. The molecule has 0 aliphatic rings. The minimum absolute atomic E-state index is 0.0284. The molecule has 108 valence electrons. The molecule has 0 fully saturated rings. The molecule has 1 atom stereocenters. The summed E-state index contributed by atoms with van der Waals surface area (Å²) in [7, 11) is -3.75. The number of halogens is 1. The molecule has 8 heteroatoms. The average molecular weight is 332 g/mol. The smallest absolute Gasteiger partial charge is 0.242 e. The Labute approximate surface area is 126 Å².